The van der Waals surface area contributed by atoms with E-state index in [1.165, 1.54) is 26.4 Å². The maximum atomic E-state index is 14.1. The summed E-state index contributed by atoms with van der Waals surface area (Å²) in [5.74, 6) is -4.16. The Bertz CT molecular complexity index is 1460. The molecule has 3 aromatic rings. The van der Waals surface area contributed by atoms with Gasteiger partial charge in [-0.15, -0.1) is 0 Å². The number of hydrogen-bond donors (Lipinski definition) is 1. The fourth-order valence-corrected chi connectivity index (χ4v) is 6.43. The molecule has 6 atom stereocenters. The quantitative estimate of drug-likeness (QED) is 0.187. The highest BCUT2D eigenvalue weighted by Gasteiger charge is 2.72. The zero-order chi connectivity index (χ0) is 32.2. The van der Waals surface area contributed by atoms with Gasteiger partial charge in [-0.25, -0.2) is 4.79 Å². The van der Waals surface area contributed by atoms with Gasteiger partial charge in [0, 0.05) is 15.8 Å². The standard InChI is InChI=1S/C33H38N2O9/c1-32(2,3)44-31(36)33(37)26(20-11-21-9-7-6-8-10-21)27(22-12-16-24(42-4)17-13-22)29(34(38)39)28(30(33)35(40)41)23-14-18-25(43-5)19-15-23/h6-10,12-19,26-30,37H,11,20H2,1-5H3/t26-,27+,28-,29+,30+,33-/m1/s1. The molecule has 0 heterocycles. The van der Waals surface area contributed by atoms with E-state index in [2.05, 4.69) is 0 Å². The first-order chi connectivity index (χ1) is 20.8. The topological polar surface area (TPSA) is 151 Å². The Labute approximate surface area is 256 Å². The highest BCUT2D eigenvalue weighted by Crippen LogP contribution is 2.54. The minimum absolute atomic E-state index is 0.0282. The maximum absolute atomic E-state index is 14.1. The van der Waals surface area contributed by atoms with Crippen LogP contribution in [0.3, 0.4) is 0 Å². The number of nitrogens with zero attached hydrogens (tertiary/aromatic N) is 2. The molecule has 0 aliphatic heterocycles. The lowest BCUT2D eigenvalue weighted by Crippen LogP contribution is -2.69. The zero-order valence-electron chi connectivity index (χ0n) is 25.4. The van der Waals surface area contributed by atoms with Gasteiger partial charge in [-0.2, -0.15) is 0 Å². The van der Waals surface area contributed by atoms with Crippen LogP contribution < -0.4 is 9.47 Å². The van der Waals surface area contributed by atoms with Crippen LogP contribution in [0.4, 0.5) is 0 Å². The fraction of sp³-hybridized carbons (Fsp3) is 0.424. The van der Waals surface area contributed by atoms with E-state index in [-0.39, 0.29) is 12.0 Å². The number of aryl methyl sites for hydroxylation is 1. The molecule has 1 aliphatic rings. The van der Waals surface area contributed by atoms with Crippen LogP contribution in [0, 0.1) is 26.1 Å². The van der Waals surface area contributed by atoms with Gasteiger partial charge in [0.2, 0.25) is 11.6 Å². The second-order valence-corrected chi connectivity index (χ2v) is 12.1. The van der Waals surface area contributed by atoms with Gasteiger partial charge in [-0.1, -0.05) is 54.6 Å². The Balaban J connectivity index is 2.02. The van der Waals surface area contributed by atoms with Crippen LogP contribution in [0.2, 0.25) is 0 Å². The molecule has 0 bridgehead atoms. The molecule has 4 rings (SSSR count). The van der Waals surface area contributed by atoms with Crippen molar-refractivity contribution in [1.82, 2.24) is 0 Å². The van der Waals surface area contributed by atoms with Gasteiger partial charge < -0.3 is 19.3 Å². The summed E-state index contributed by atoms with van der Waals surface area (Å²) in [4.78, 5) is 39.0. The summed E-state index contributed by atoms with van der Waals surface area (Å²) in [6.07, 6.45) is 0.325. The predicted octanol–water partition coefficient (Wildman–Crippen LogP) is 5.20. The van der Waals surface area contributed by atoms with Crippen LogP contribution in [0.15, 0.2) is 78.9 Å². The number of hydrogen-bond acceptors (Lipinski definition) is 9. The summed E-state index contributed by atoms with van der Waals surface area (Å²) in [7, 11) is 2.94. The van der Waals surface area contributed by atoms with E-state index in [1.807, 2.05) is 30.3 Å². The molecule has 0 amide bonds. The number of carbonyl (C=O) groups excluding carboxylic acids is 1. The lowest BCUT2D eigenvalue weighted by Gasteiger charge is -2.48. The Morgan fingerprint density at radius 3 is 1.75 bits per heavy atom. The summed E-state index contributed by atoms with van der Waals surface area (Å²) >= 11 is 0. The van der Waals surface area contributed by atoms with Gasteiger partial charge in [0.05, 0.1) is 20.1 Å². The minimum Gasteiger partial charge on any atom is -0.497 e. The molecule has 1 fully saturated rings. The van der Waals surface area contributed by atoms with Crippen molar-refractivity contribution in [3.8, 4) is 11.5 Å². The third-order valence-electron chi connectivity index (χ3n) is 8.31. The third-order valence-corrected chi connectivity index (χ3v) is 8.31. The van der Waals surface area contributed by atoms with Gasteiger partial charge in [-0.05, 0) is 74.6 Å². The third kappa shape index (κ3) is 6.52. The Hall–Kier alpha value is -4.51. The van der Waals surface area contributed by atoms with Crippen molar-refractivity contribution >= 4 is 5.97 Å². The van der Waals surface area contributed by atoms with Crippen molar-refractivity contribution in [2.45, 2.75) is 68.7 Å². The summed E-state index contributed by atoms with van der Waals surface area (Å²) in [6.45, 7) is 4.79. The molecule has 11 nitrogen and oxygen atoms in total. The smallest absolute Gasteiger partial charge is 0.346 e. The number of methoxy groups -OCH3 is 2. The largest absolute Gasteiger partial charge is 0.497 e. The molecule has 0 radical (unpaired) electrons. The first kappa shape index (κ1) is 32.4. The predicted molar refractivity (Wildman–Crippen MR) is 162 cm³/mol. The lowest BCUT2D eigenvalue weighted by molar-refractivity contribution is -0.594. The van der Waals surface area contributed by atoms with Gasteiger partial charge >= 0.3 is 5.97 Å². The second-order valence-electron chi connectivity index (χ2n) is 12.1. The lowest BCUT2D eigenvalue weighted by atomic mass is 9.55. The number of nitro groups is 2. The van der Waals surface area contributed by atoms with E-state index in [1.54, 1.807) is 57.2 Å². The maximum Gasteiger partial charge on any atom is 0.346 e. The Morgan fingerprint density at radius 1 is 0.818 bits per heavy atom. The van der Waals surface area contributed by atoms with E-state index >= 15 is 0 Å². The molecular weight excluding hydrogens is 568 g/mol. The summed E-state index contributed by atoms with van der Waals surface area (Å²) in [5.41, 5.74) is -2.35. The summed E-state index contributed by atoms with van der Waals surface area (Å²) in [6, 6.07) is 18.2. The van der Waals surface area contributed by atoms with Gasteiger partial charge in [-0.3, -0.25) is 20.2 Å². The van der Waals surface area contributed by atoms with Crippen LogP contribution in [0.1, 0.15) is 55.7 Å². The highest BCUT2D eigenvalue weighted by molar-refractivity contribution is 5.82. The minimum atomic E-state index is -2.74. The molecule has 11 heteroatoms. The van der Waals surface area contributed by atoms with Crippen LogP contribution >= 0.6 is 0 Å². The Kier molecular flexibility index (Phi) is 9.58. The van der Waals surface area contributed by atoms with E-state index in [0.29, 0.717) is 23.5 Å². The first-order valence-electron chi connectivity index (χ1n) is 14.4. The van der Waals surface area contributed by atoms with Gasteiger partial charge in [0.25, 0.3) is 6.04 Å². The molecule has 1 saturated carbocycles. The van der Waals surface area contributed by atoms with Gasteiger partial charge in [0.1, 0.15) is 23.0 Å². The molecule has 234 valence electrons. The Morgan fingerprint density at radius 2 is 1.32 bits per heavy atom. The molecule has 1 aliphatic carbocycles. The molecule has 0 spiro atoms. The van der Waals surface area contributed by atoms with Crippen LogP contribution in [-0.2, 0) is 16.0 Å². The van der Waals surface area contributed by atoms with E-state index in [0.717, 1.165) is 5.56 Å². The second kappa shape index (κ2) is 13.0. The summed E-state index contributed by atoms with van der Waals surface area (Å²) < 4.78 is 16.2. The van der Waals surface area contributed by atoms with Crippen molar-refractivity contribution in [3.63, 3.8) is 0 Å². The number of benzene rings is 3. The fourth-order valence-electron chi connectivity index (χ4n) is 6.43. The molecule has 0 saturated heterocycles. The van der Waals surface area contributed by atoms with Crippen molar-refractivity contribution < 1.29 is 34.0 Å². The van der Waals surface area contributed by atoms with E-state index in [9.17, 15) is 30.1 Å². The SMILES string of the molecule is COc1ccc([C@@H]2[C@H]([N+](=O)[O-])[C@@H](c3ccc(OC)cc3)[C@H]([N+](=O)[O-])[C@@](O)(C(=O)OC(C)(C)C)[C@@H]2CCc2ccccc2)cc1. The van der Waals surface area contributed by atoms with Crippen LogP contribution in [-0.4, -0.2) is 58.4 Å². The molecular formula is C33H38N2O9. The van der Waals surface area contributed by atoms with Crippen LogP contribution in [0.5, 0.6) is 11.5 Å². The van der Waals surface area contributed by atoms with E-state index in [4.69, 9.17) is 14.2 Å². The van der Waals surface area contributed by atoms with Crippen molar-refractivity contribution in [2.75, 3.05) is 14.2 Å². The zero-order valence-corrected chi connectivity index (χ0v) is 25.4. The van der Waals surface area contributed by atoms with Crippen LogP contribution in [0.25, 0.3) is 0 Å². The molecule has 0 unspecified atom stereocenters. The number of rotatable bonds is 10. The molecule has 44 heavy (non-hydrogen) atoms. The van der Waals surface area contributed by atoms with Crippen molar-refractivity contribution in [2.24, 2.45) is 5.92 Å². The molecule has 1 N–H and O–H groups in total. The number of ether oxygens (including phenoxy) is 3. The normalized spacial score (nSPS) is 25.1. The number of esters is 1. The van der Waals surface area contributed by atoms with Crippen molar-refractivity contribution in [3.05, 3.63) is 116 Å². The van der Waals surface area contributed by atoms with Crippen molar-refractivity contribution in [1.29, 1.82) is 0 Å². The summed E-state index contributed by atoms with van der Waals surface area (Å²) in [5, 5.41) is 38.8. The number of aliphatic hydroxyl groups is 1. The highest BCUT2D eigenvalue weighted by atomic mass is 16.6. The monoisotopic (exact) mass is 606 g/mol. The molecule has 0 aromatic heterocycles. The van der Waals surface area contributed by atoms with E-state index < -0.39 is 56.9 Å². The number of carbonyl (C=O) groups is 1. The average molecular weight is 607 g/mol. The van der Waals surface area contributed by atoms with Gasteiger partial charge in [0.15, 0.2) is 0 Å². The first-order valence-corrected chi connectivity index (χ1v) is 14.4. The molecule has 3 aromatic carbocycles. The average Bonchev–Trinajstić information content (AvgIpc) is 2.99.